The number of Topliss-reactive ketones (excluding diaryl/α,β-unsaturated/α-hetero) is 1. The average Bonchev–Trinajstić information content (AvgIpc) is 3.67. The minimum Gasteiger partial charge on any atom is -0.467 e. The second-order valence-electron chi connectivity index (χ2n) is 22.4. The highest BCUT2D eigenvalue weighted by molar-refractivity contribution is 6.80. The molecule has 1 aromatic rings. The maximum atomic E-state index is 13.0. The van der Waals surface area contributed by atoms with Gasteiger partial charge in [0.2, 0.25) is 5.91 Å². The Bertz CT molecular complexity index is 2010. The van der Waals surface area contributed by atoms with Crippen molar-refractivity contribution >= 4 is 102 Å². The number of ether oxygens (including phenoxy) is 5. The van der Waals surface area contributed by atoms with Crippen LogP contribution in [-0.4, -0.2) is 197 Å². The summed E-state index contributed by atoms with van der Waals surface area (Å²) in [6, 6.07) is 5.16. The maximum Gasteiger partial charge on any atom is 0.411 e. The van der Waals surface area contributed by atoms with Crippen molar-refractivity contribution in [2.75, 3.05) is 33.9 Å². The van der Waals surface area contributed by atoms with E-state index in [0.29, 0.717) is 6.54 Å². The zero-order valence-electron chi connectivity index (χ0n) is 47.1. The van der Waals surface area contributed by atoms with Gasteiger partial charge in [-0.2, -0.15) is 0 Å². The number of rotatable bonds is 5. The third kappa shape index (κ3) is 21.8. The first-order valence-corrected chi connectivity index (χ1v) is 24.2. The van der Waals surface area contributed by atoms with E-state index in [-0.39, 0.29) is 85.6 Å². The number of nitrogens with one attached hydrogen (secondary N) is 1. The molecule has 5 atom stereocenters. The van der Waals surface area contributed by atoms with Crippen molar-refractivity contribution < 1.29 is 81.3 Å². The van der Waals surface area contributed by atoms with Crippen LogP contribution in [0.5, 0.6) is 0 Å². The van der Waals surface area contributed by atoms with Gasteiger partial charge in [0, 0.05) is 26.5 Å². The Balaban J connectivity index is -0.000000227. The second kappa shape index (κ2) is 31.9. The van der Waals surface area contributed by atoms with Gasteiger partial charge in [-0.3, -0.25) is 39.0 Å². The van der Waals surface area contributed by atoms with E-state index in [1.165, 1.54) is 24.0 Å². The molecule has 3 saturated heterocycles. The van der Waals surface area contributed by atoms with E-state index >= 15 is 0 Å². The van der Waals surface area contributed by atoms with Gasteiger partial charge in [0.15, 0.2) is 5.78 Å². The number of halogens is 4. The molecule has 1 aromatic carbocycles. The number of amides is 4. The number of aryl methyl sites for hydroxylation is 1. The van der Waals surface area contributed by atoms with Gasteiger partial charge in [0.05, 0.1) is 50.5 Å². The summed E-state index contributed by atoms with van der Waals surface area (Å²) in [6.07, 6.45) is -1.90. The number of nitrogens with zero attached hydrogens (tertiary/aromatic N) is 3. The van der Waals surface area contributed by atoms with Crippen molar-refractivity contribution in [2.24, 2.45) is 16.2 Å². The van der Waals surface area contributed by atoms with Crippen LogP contribution >= 0.6 is 10.0 Å². The second-order valence-corrected chi connectivity index (χ2v) is 22.4. The summed E-state index contributed by atoms with van der Waals surface area (Å²) < 4.78 is 41.4. The van der Waals surface area contributed by atoms with Crippen LogP contribution in [0.4, 0.5) is 28.2 Å². The van der Waals surface area contributed by atoms with Crippen molar-refractivity contribution in [3.05, 3.63) is 35.4 Å². The highest BCUT2D eigenvalue weighted by Gasteiger charge is 2.62. The molecule has 0 spiro atoms. The lowest BCUT2D eigenvalue weighted by molar-refractivity contribution is -0.151. The molecular formula is C50H91Al3ClF3N4O14. The number of ketones is 1. The van der Waals surface area contributed by atoms with Crippen LogP contribution in [-0.2, 0) is 49.4 Å². The molecule has 75 heavy (non-hydrogen) atoms. The fourth-order valence-electron chi connectivity index (χ4n) is 7.71. The Labute approximate surface area is 478 Å². The van der Waals surface area contributed by atoms with E-state index in [2.05, 4.69) is 20.1 Å². The van der Waals surface area contributed by atoms with E-state index in [9.17, 15) is 43.8 Å². The van der Waals surface area contributed by atoms with Crippen molar-refractivity contribution in [3.63, 3.8) is 0 Å². The molecule has 4 radical (unpaired) electrons. The number of hydrogen-bond acceptors (Lipinski definition) is 14. The van der Waals surface area contributed by atoms with Crippen LogP contribution in [0.25, 0.3) is 0 Å². The number of methoxy groups -OCH3 is 2. The Kier molecular flexibility index (Phi) is 35.4. The standard InChI is InChI=1S/C21H32N2O4.C14H25NO5.C13H21NO5.2CH4.3Al.ClH.F2.FH.4H/c1-14-10-8-9-11-15(14)12-22-17(24)16-20(5,6)21(7,26)13-23(16)18(25)27-19(2,3)4;1-12(2,3)20-11(17)15-8-14(6,18)13(4,5)9(15)10(16)19-7;1-12(2,3)19-11(17)14-7-8(15)13(4,5)9(14)10(16)18-6;;;;;;;1-2;;;;;/h8-11,16,26H,12-13H2,1-7H3,(H,22,24);9,18H,8H2,1-7H3;9H,7H2,1-6H3;2*1H4;;;;1H;;1H;;;;/q;;;;;;;+1;;;;;;;/p-1/t16?,21-;9?,14-;9-;;;;;;;;;;;;/m111............/s1. The fourth-order valence-corrected chi connectivity index (χ4v) is 7.71. The van der Waals surface area contributed by atoms with Gasteiger partial charge in [0.1, 0.15) is 69.7 Å². The monoisotopic (exact) mass is 1140 g/mol. The quantitative estimate of drug-likeness (QED) is 0.159. The maximum absolute atomic E-state index is 13.0. The highest BCUT2D eigenvalue weighted by Crippen LogP contribution is 2.46. The number of β-amino-alcohol motifs (C(OH)–C–C–N with tert-alkyl or cyclic N) is 2. The van der Waals surface area contributed by atoms with E-state index in [4.69, 9.17) is 28.1 Å². The lowest BCUT2D eigenvalue weighted by atomic mass is 9.74. The molecule has 25 heteroatoms. The summed E-state index contributed by atoms with van der Waals surface area (Å²) in [4.78, 5) is 89.6. The van der Waals surface area contributed by atoms with Gasteiger partial charge in [-0.25, -0.2) is 24.0 Å². The normalized spacial score (nSPS) is 22.4. The largest absolute Gasteiger partial charge is 0.467 e. The van der Waals surface area contributed by atoms with Gasteiger partial charge in [0.25, 0.3) is 15.4 Å². The summed E-state index contributed by atoms with van der Waals surface area (Å²) >= 11 is 1.89. The highest BCUT2D eigenvalue weighted by atomic mass is 35.6. The third-order valence-corrected chi connectivity index (χ3v) is 12.4. The number of esters is 2. The van der Waals surface area contributed by atoms with Crippen LogP contribution in [0.15, 0.2) is 24.3 Å². The predicted molar refractivity (Wildman–Crippen MR) is 292 cm³/mol. The van der Waals surface area contributed by atoms with Crippen molar-refractivity contribution in [3.8, 4) is 0 Å². The van der Waals surface area contributed by atoms with Crippen molar-refractivity contribution in [1.29, 1.82) is 0 Å². The smallest absolute Gasteiger partial charge is 0.411 e. The van der Waals surface area contributed by atoms with E-state index in [0.717, 1.165) is 16.0 Å². The SMILES string of the molecule is C.C.COC(=O)C1N(C(=O)OC(C)(C)C)C[C@@](C)(O)C1(C)C.COC(=O)[C@H]1N(C(=O)OC(C)(C)C)CC(=O)C1(C)C.Cc1ccccc1CNC(=O)C1N(C(=O)OC(C)(C)C)C[C@@](C)(O)C1(C)C.F.FF.[AlH2].[AlH2].[Al][Cl]. The van der Waals surface area contributed by atoms with Gasteiger partial charge < -0.3 is 39.2 Å². The minimum atomic E-state index is -1.21. The Hall–Kier alpha value is -3.29. The zero-order valence-corrected chi connectivity index (χ0v) is 53.0. The molecule has 0 aromatic heterocycles. The van der Waals surface area contributed by atoms with Crippen LogP contribution in [0.1, 0.15) is 144 Å². The van der Waals surface area contributed by atoms with Gasteiger partial charge in [-0.15, -0.1) is 0 Å². The van der Waals surface area contributed by atoms with E-state index < -0.39 is 92.6 Å². The Morgan fingerprint density at radius 2 is 0.973 bits per heavy atom. The molecule has 0 bridgehead atoms. The molecule has 0 aliphatic carbocycles. The first-order valence-electron chi connectivity index (χ1n) is 22.4. The molecule has 3 heterocycles. The number of likely N-dealkylation sites (tertiary alicyclic amines) is 3. The fraction of sp³-hybridized carbons (Fsp3) is 0.740. The molecule has 3 N–H and O–H groups in total. The number of aliphatic hydroxyl groups is 2. The molecule has 2 unspecified atom stereocenters. The Morgan fingerprint density at radius 3 is 1.32 bits per heavy atom. The minimum absolute atomic E-state index is 0. The van der Waals surface area contributed by atoms with Gasteiger partial charge in [-0.1, -0.05) is 80.7 Å². The van der Waals surface area contributed by atoms with Crippen LogP contribution < -0.4 is 5.32 Å². The molecule has 432 valence electrons. The number of hydrogen-bond donors (Lipinski definition) is 3. The summed E-state index contributed by atoms with van der Waals surface area (Å²) in [5, 5.41) is 24.3. The predicted octanol–water partition coefficient (Wildman–Crippen LogP) is 6.68. The van der Waals surface area contributed by atoms with E-state index in [1.54, 1.807) is 118 Å². The Morgan fingerprint density at radius 1 is 0.653 bits per heavy atom. The van der Waals surface area contributed by atoms with Gasteiger partial charge >= 0.3 is 30.2 Å². The first kappa shape index (κ1) is 83.0. The summed E-state index contributed by atoms with van der Waals surface area (Å²) in [6.45, 7) is 31.6. The molecular weight excluding hydrogens is 1050 g/mol. The summed E-state index contributed by atoms with van der Waals surface area (Å²) in [5.74, 6) is -1.65. The molecule has 4 amide bonds. The topological polar surface area (TPSA) is 228 Å². The average molecular weight is 1150 g/mol. The first-order chi connectivity index (χ1) is 31.6. The molecule has 3 fully saturated rings. The molecule has 4 rings (SSSR count). The summed E-state index contributed by atoms with van der Waals surface area (Å²) in [7, 11) is 7.05. The molecule has 3 aliphatic heterocycles. The van der Waals surface area contributed by atoms with Crippen LogP contribution in [0.3, 0.4) is 0 Å². The number of carbonyl (C=O) groups excluding carboxylic acids is 7. The van der Waals surface area contributed by atoms with Gasteiger partial charge in [-0.05, 0) is 94.2 Å². The number of carbonyl (C=O) groups is 7. The van der Waals surface area contributed by atoms with Crippen molar-refractivity contribution in [1.82, 2.24) is 20.0 Å². The van der Waals surface area contributed by atoms with Crippen LogP contribution in [0.2, 0.25) is 0 Å². The van der Waals surface area contributed by atoms with E-state index in [1.807, 2.05) is 46.6 Å². The molecule has 3 aliphatic rings. The summed E-state index contributed by atoms with van der Waals surface area (Å²) in [5.41, 5.74) is -5.00. The third-order valence-electron chi connectivity index (χ3n) is 12.4. The lowest BCUT2D eigenvalue weighted by Crippen LogP contribution is -2.53. The van der Waals surface area contributed by atoms with Crippen molar-refractivity contribution in [2.45, 2.75) is 192 Å². The molecule has 18 nitrogen and oxygen atoms in total. The van der Waals surface area contributed by atoms with Crippen LogP contribution in [0, 0.1) is 23.2 Å². The molecule has 0 saturated carbocycles. The zero-order chi connectivity index (χ0) is 55.6. The lowest BCUT2D eigenvalue weighted by Gasteiger charge is -2.36. The number of benzene rings is 1.